The quantitative estimate of drug-likeness (QED) is 0.599. The number of hydrogen-bond donors (Lipinski definition) is 1. The molecule has 170 valence electrons. The number of anilines is 1. The minimum absolute atomic E-state index is 0.140. The van der Waals surface area contributed by atoms with Gasteiger partial charge in [0, 0.05) is 25.0 Å². The normalized spacial score (nSPS) is 21.9. The van der Waals surface area contributed by atoms with Crippen LogP contribution in [0.1, 0.15) is 28.8 Å². The highest BCUT2D eigenvalue weighted by molar-refractivity contribution is 5.99. The van der Waals surface area contributed by atoms with Gasteiger partial charge in [0.1, 0.15) is 11.5 Å². The summed E-state index contributed by atoms with van der Waals surface area (Å²) < 4.78 is 51.6. The molecule has 1 saturated heterocycles. The van der Waals surface area contributed by atoms with E-state index in [1.54, 1.807) is 17.0 Å². The third-order valence-corrected chi connectivity index (χ3v) is 6.04. The van der Waals surface area contributed by atoms with Gasteiger partial charge in [0.05, 0.1) is 29.6 Å². The number of carbonyl (C=O) groups excluding carboxylic acids is 1. The number of alkyl halides is 3. The standard InChI is InChI=1S/C22H18F4N6O/c23-14-9-29-20(30-10-14)19-15(2-1-5-27-19)21(33)32-11-12-6-16(17(32)7-12)31-18-4-3-13(8-28-18)22(24,25)26/h1-5,8-10,12,16-17H,6-7,11H2,(H,28,31)/t12?,16?,17-/m1/s1. The van der Waals surface area contributed by atoms with Gasteiger partial charge in [-0.25, -0.2) is 19.3 Å². The minimum atomic E-state index is -4.45. The first-order valence-electron chi connectivity index (χ1n) is 10.3. The molecule has 2 aliphatic rings. The van der Waals surface area contributed by atoms with Gasteiger partial charge in [-0.05, 0) is 43.0 Å². The van der Waals surface area contributed by atoms with Gasteiger partial charge in [-0.15, -0.1) is 0 Å². The number of hydrogen-bond acceptors (Lipinski definition) is 6. The monoisotopic (exact) mass is 458 g/mol. The summed E-state index contributed by atoms with van der Waals surface area (Å²) in [4.78, 5) is 31.2. The highest BCUT2D eigenvalue weighted by atomic mass is 19.4. The number of piperidine rings is 1. The summed E-state index contributed by atoms with van der Waals surface area (Å²) in [5, 5.41) is 3.19. The Hall–Kier alpha value is -3.63. The molecule has 4 heterocycles. The van der Waals surface area contributed by atoms with Crippen LogP contribution < -0.4 is 5.32 Å². The number of aromatic nitrogens is 4. The highest BCUT2D eigenvalue weighted by Gasteiger charge is 2.47. The van der Waals surface area contributed by atoms with E-state index >= 15 is 0 Å². The number of nitrogens with zero attached hydrogens (tertiary/aromatic N) is 5. The molecule has 2 bridgehead atoms. The van der Waals surface area contributed by atoms with Crippen LogP contribution in [0.4, 0.5) is 23.4 Å². The van der Waals surface area contributed by atoms with Gasteiger partial charge in [-0.1, -0.05) is 0 Å². The number of fused-ring (bicyclic) bond motifs is 2. The second-order valence-electron chi connectivity index (χ2n) is 8.17. The molecule has 3 aromatic heterocycles. The number of nitrogens with one attached hydrogen (secondary N) is 1. The fraction of sp³-hybridized carbons (Fsp3) is 0.318. The van der Waals surface area contributed by atoms with E-state index in [2.05, 4.69) is 25.3 Å². The van der Waals surface area contributed by atoms with Crippen LogP contribution in [0.2, 0.25) is 0 Å². The predicted octanol–water partition coefficient (Wildman–Crippen LogP) is 3.81. The predicted molar refractivity (Wildman–Crippen MR) is 109 cm³/mol. The fourth-order valence-electron chi connectivity index (χ4n) is 4.60. The van der Waals surface area contributed by atoms with Crippen molar-refractivity contribution in [2.75, 3.05) is 11.9 Å². The molecule has 0 radical (unpaired) electrons. The molecule has 0 spiro atoms. The van der Waals surface area contributed by atoms with E-state index in [9.17, 15) is 22.4 Å². The maximum Gasteiger partial charge on any atom is 0.417 e. The van der Waals surface area contributed by atoms with E-state index in [1.807, 2.05) is 0 Å². The van der Waals surface area contributed by atoms with Crippen LogP contribution in [0.3, 0.4) is 0 Å². The van der Waals surface area contributed by atoms with E-state index in [0.717, 1.165) is 37.5 Å². The Balaban J connectivity index is 1.35. The Labute approximate surface area is 185 Å². The van der Waals surface area contributed by atoms with Gasteiger partial charge in [-0.2, -0.15) is 13.2 Å². The highest BCUT2D eigenvalue weighted by Crippen LogP contribution is 2.40. The molecule has 5 rings (SSSR count). The Morgan fingerprint density at radius 3 is 2.48 bits per heavy atom. The maximum atomic E-state index is 13.4. The van der Waals surface area contributed by atoms with E-state index < -0.39 is 17.6 Å². The van der Waals surface area contributed by atoms with Gasteiger partial charge in [-0.3, -0.25) is 9.78 Å². The number of likely N-dealkylation sites (tertiary alicyclic amines) is 1. The Kier molecular flexibility index (Phi) is 5.18. The molecule has 3 atom stereocenters. The van der Waals surface area contributed by atoms with E-state index in [1.165, 1.54) is 12.3 Å². The number of halogens is 4. The van der Waals surface area contributed by atoms with Crippen molar-refractivity contribution in [2.45, 2.75) is 31.1 Å². The van der Waals surface area contributed by atoms with Gasteiger partial charge in [0.2, 0.25) is 0 Å². The number of carbonyl (C=O) groups is 1. The zero-order valence-corrected chi connectivity index (χ0v) is 17.1. The van der Waals surface area contributed by atoms with E-state index in [4.69, 9.17) is 0 Å². The summed E-state index contributed by atoms with van der Waals surface area (Å²) in [5.41, 5.74) is -0.243. The molecule has 7 nitrogen and oxygen atoms in total. The third kappa shape index (κ3) is 4.10. The van der Waals surface area contributed by atoms with E-state index in [-0.39, 0.29) is 35.4 Å². The second-order valence-corrected chi connectivity index (χ2v) is 8.17. The lowest BCUT2D eigenvalue weighted by Gasteiger charge is -2.34. The second kappa shape index (κ2) is 8.05. The Morgan fingerprint density at radius 1 is 1.03 bits per heavy atom. The summed E-state index contributed by atoms with van der Waals surface area (Å²) in [6.45, 7) is 0.570. The van der Waals surface area contributed by atoms with Crippen LogP contribution in [0.5, 0.6) is 0 Å². The molecule has 33 heavy (non-hydrogen) atoms. The SMILES string of the molecule is O=C(c1cccnc1-c1ncc(F)cn1)N1CC2CC(Nc3ccc(C(F)(F)F)cn3)[C@H]1C2. The van der Waals surface area contributed by atoms with Crippen molar-refractivity contribution in [1.29, 1.82) is 0 Å². The van der Waals surface area contributed by atoms with Crippen LogP contribution in [0.25, 0.3) is 11.5 Å². The van der Waals surface area contributed by atoms with E-state index in [0.29, 0.717) is 17.9 Å². The van der Waals surface area contributed by atoms with Crippen LogP contribution in [-0.2, 0) is 6.18 Å². The van der Waals surface area contributed by atoms with Crippen molar-refractivity contribution in [3.05, 3.63) is 66.0 Å². The number of amides is 1. The summed E-state index contributed by atoms with van der Waals surface area (Å²) >= 11 is 0. The summed E-state index contributed by atoms with van der Waals surface area (Å²) in [7, 11) is 0. The smallest absolute Gasteiger partial charge is 0.365 e. The average molecular weight is 458 g/mol. The Bertz CT molecular complexity index is 1170. The summed E-state index contributed by atoms with van der Waals surface area (Å²) in [5.74, 6) is -0.0910. The topological polar surface area (TPSA) is 83.9 Å². The minimum Gasteiger partial charge on any atom is -0.365 e. The molecule has 1 aliphatic carbocycles. The van der Waals surface area contributed by atoms with Gasteiger partial charge in [0.25, 0.3) is 5.91 Å². The van der Waals surface area contributed by atoms with Crippen LogP contribution in [0.15, 0.2) is 49.1 Å². The van der Waals surface area contributed by atoms with Gasteiger partial charge in [0.15, 0.2) is 11.6 Å². The molecule has 1 aliphatic heterocycles. The molecular formula is C22H18F4N6O. The van der Waals surface area contributed by atoms with Gasteiger partial charge < -0.3 is 10.2 Å². The average Bonchev–Trinajstić information content (AvgIpc) is 3.40. The molecule has 3 aromatic rings. The molecular weight excluding hydrogens is 440 g/mol. The lowest BCUT2D eigenvalue weighted by atomic mass is 10.0. The van der Waals surface area contributed by atoms with Crippen LogP contribution >= 0.6 is 0 Å². The van der Waals surface area contributed by atoms with Crippen molar-refractivity contribution in [2.24, 2.45) is 5.92 Å². The third-order valence-electron chi connectivity index (χ3n) is 6.04. The zero-order valence-electron chi connectivity index (χ0n) is 17.1. The largest absolute Gasteiger partial charge is 0.417 e. The van der Waals surface area contributed by atoms with Crippen molar-refractivity contribution in [3.8, 4) is 11.5 Å². The van der Waals surface area contributed by atoms with Crippen molar-refractivity contribution in [1.82, 2.24) is 24.8 Å². The summed E-state index contributed by atoms with van der Waals surface area (Å²) in [6, 6.07) is 5.26. The van der Waals surface area contributed by atoms with Crippen molar-refractivity contribution < 1.29 is 22.4 Å². The Morgan fingerprint density at radius 2 is 1.82 bits per heavy atom. The summed E-state index contributed by atoms with van der Waals surface area (Å²) in [6.07, 6.45) is 1.46. The molecule has 1 N–H and O–H groups in total. The fourth-order valence-corrected chi connectivity index (χ4v) is 4.60. The molecule has 2 unspecified atom stereocenters. The first-order chi connectivity index (χ1) is 15.8. The molecule has 1 saturated carbocycles. The van der Waals surface area contributed by atoms with Gasteiger partial charge >= 0.3 is 6.18 Å². The lowest BCUT2D eigenvalue weighted by Crippen LogP contribution is -2.48. The molecule has 0 aromatic carbocycles. The number of rotatable bonds is 4. The van der Waals surface area contributed by atoms with Crippen LogP contribution in [0, 0.1) is 11.7 Å². The first-order valence-corrected chi connectivity index (χ1v) is 10.3. The number of pyridine rings is 2. The molecule has 2 fully saturated rings. The lowest BCUT2D eigenvalue weighted by molar-refractivity contribution is -0.137. The van der Waals surface area contributed by atoms with Crippen molar-refractivity contribution in [3.63, 3.8) is 0 Å². The first kappa shape index (κ1) is 21.2. The molecule has 11 heteroatoms. The van der Waals surface area contributed by atoms with Crippen molar-refractivity contribution >= 4 is 11.7 Å². The zero-order chi connectivity index (χ0) is 23.2. The maximum absolute atomic E-state index is 13.4. The van der Waals surface area contributed by atoms with Crippen LogP contribution in [-0.4, -0.2) is 49.4 Å². The molecule has 1 amide bonds.